The lowest BCUT2D eigenvalue weighted by atomic mass is 10.2. The predicted octanol–water partition coefficient (Wildman–Crippen LogP) is 1.28. The Balaban J connectivity index is 2.02. The summed E-state index contributed by atoms with van der Waals surface area (Å²) in [5, 5.41) is 2.80. The number of carbonyl (C=O) groups excluding carboxylic acids is 1. The molecule has 0 spiro atoms. The minimum absolute atomic E-state index is 0.0386. The first-order chi connectivity index (χ1) is 7.66. The van der Waals surface area contributed by atoms with E-state index in [4.69, 9.17) is 0 Å². The van der Waals surface area contributed by atoms with E-state index in [0.29, 0.717) is 6.54 Å². The summed E-state index contributed by atoms with van der Waals surface area (Å²) in [6.07, 6.45) is 0. The first kappa shape index (κ1) is 10.8. The highest BCUT2D eigenvalue weighted by molar-refractivity contribution is 5.76. The molecule has 1 aromatic rings. The summed E-state index contributed by atoms with van der Waals surface area (Å²) < 4.78 is 0. The smallest absolute Gasteiger partial charge is 0.317 e. The number of hydrogen-bond acceptors (Lipinski definition) is 2. The highest BCUT2D eigenvalue weighted by Crippen LogP contribution is 2.14. The largest absolute Gasteiger partial charge is 0.378 e. The van der Waals surface area contributed by atoms with E-state index in [0.717, 1.165) is 13.1 Å². The quantitative estimate of drug-likeness (QED) is 0.831. The molecule has 0 aromatic heterocycles. The molecule has 0 saturated carbocycles. The van der Waals surface area contributed by atoms with Gasteiger partial charge in [0, 0.05) is 39.4 Å². The number of nitrogens with one attached hydrogen (secondary N) is 1. The van der Waals surface area contributed by atoms with Crippen LogP contribution in [0.5, 0.6) is 0 Å². The average Bonchev–Trinajstić information content (AvgIpc) is 2.65. The fraction of sp³-hybridized carbons (Fsp3) is 0.417. The molecule has 1 N–H and O–H groups in total. The van der Waals surface area contributed by atoms with Gasteiger partial charge in [-0.15, -0.1) is 0 Å². The molecular weight excluding hydrogens is 202 g/mol. The van der Waals surface area contributed by atoms with Gasteiger partial charge in [0.05, 0.1) is 0 Å². The fourth-order valence-electron chi connectivity index (χ4n) is 1.78. The summed E-state index contributed by atoms with van der Waals surface area (Å²) in [6.45, 7) is 2.25. The highest BCUT2D eigenvalue weighted by atomic mass is 16.2. The van der Waals surface area contributed by atoms with E-state index in [1.165, 1.54) is 11.3 Å². The molecule has 1 fully saturated rings. The Bertz CT molecular complexity index is 372. The third kappa shape index (κ3) is 2.27. The van der Waals surface area contributed by atoms with E-state index in [9.17, 15) is 4.79 Å². The van der Waals surface area contributed by atoms with Crippen molar-refractivity contribution in [2.75, 3.05) is 32.1 Å². The lowest BCUT2D eigenvalue weighted by molar-refractivity contribution is 0.215. The SMILES string of the molecule is CN(C)c1ccc(CN2CCNC2=O)cc1. The van der Waals surface area contributed by atoms with Gasteiger partial charge < -0.3 is 15.1 Å². The third-order valence-corrected chi connectivity index (χ3v) is 2.77. The predicted molar refractivity (Wildman–Crippen MR) is 64.6 cm³/mol. The van der Waals surface area contributed by atoms with Crippen LogP contribution in [0.15, 0.2) is 24.3 Å². The van der Waals surface area contributed by atoms with E-state index >= 15 is 0 Å². The molecule has 4 heteroatoms. The maximum atomic E-state index is 11.4. The Morgan fingerprint density at radius 1 is 1.31 bits per heavy atom. The van der Waals surface area contributed by atoms with Gasteiger partial charge in [-0.1, -0.05) is 12.1 Å². The first-order valence-electron chi connectivity index (χ1n) is 5.46. The lowest BCUT2D eigenvalue weighted by Gasteiger charge is -2.16. The van der Waals surface area contributed by atoms with Crippen LogP contribution < -0.4 is 10.2 Å². The van der Waals surface area contributed by atoms with Crippen molar-refractivity contribution >= 4 is 11.7 Å². The van der Waals surface area contributed by atoms with Gasteiger partial charge in [0.1, 0.15) is 0 Å². The molecule has 1 heterocycles. The van der Waals surface area contributed by atoms with Crippen LogP contribution >= 0.6 is 0 Å². The van der Waals surface area contributed by atoms with E-state index in [1.807, 2.05) is 19.0 Å². The Morgan fingerprint density at radius 2 is 2.00 bits per heavy atom. The molecule has 2 rings (SSSR count). The average molecular weight is 219 g/mol. The van der Waals surface area contributed by atoms with Crippen molar-refractivity contribution in [3.63, 3.8) is 0 Å². The summed E-state index contributed by atoms with van der Waals surface area (Å²) in [5.74, 6) is 0. The Kier molecular flexibility index (Phi) is 2.99. The van der Waals surface area contributed by atoms with Crippen molar-refractivity contribution < 1.29 is 4.79 Å². The van der Waals surface area contributed by atoms with Crippen molar-refractivity contribution in [1.82, 2.24) is 10.2 Å². The number of hydrogen-bond donors (Lipinski definition) is 1. The van der Waals surface area contributed by atoms with Crippen LogP contribution in [0.4, 0.5) is 10.5 Å². The van der Waals surface area contributed by atoms with Crippen molar-refractivity contribution in [3.05, 3.63) is 29.8 Å². The van der Waals surface area contributed by atoms with Gasteiger partial charge in [-0.3, -0.25) is 0 Å². The minimum Gasteiger partial charge on any atom is -0.378 e. The van der Waals surface area contributed by atoms with Gasteiger partial charge in [-0.2, -0.15) is 0 Å². The molecule has 0 radical (unpaired) electrons. The number of urea groups is 1. The van der Waals surface area contributed by atoms with Crippen LogP contribution in [0.2, 0.25) is 0 Å². The second-order valence-corrected chi connectivity index (χ2v) is 4.21. The van der Waals surface area contributed by atoms with Crippen molar-refractivity contribution in [2.24, 2.45) is 0 Å². The Hall–Kier alpha value is -1.71. The zero-order valence-corrected chi connectivity index (χ0v) is 9.73. The van der Waals surface area contributed by atoms with Crippen LogP contribution in [0, 0.1) is 0 Å². The second-order valence-electron chi connectivity index (χ2n) is 4.21. The summed E-state index contributed by atoms with van der Waals surface area (Å²) >= 11 is 0. The van der Waals surface area contributed by atoms with Gasteiger partial charge in [-0.25, -0.2) is 4.79 Å². The first-order valence-corrected chi connectivity index (χ1v) is 5.46. The molecule has 86 valence electrons. The summed E-state index contributed by atoms with van der Waals surface area (Å²) in [6, 6.07) is 8.32. The molecule has 0 bridgehead atoms. The number of anilines is 1. The Labute approximate surface area is 95.8 Å². The zero-order chi connectivity index (χ0) is 11.5. The van der Waals surface area contributed by atoms with Crippen molar-refractivity contribution in [3.8, 4) is 0 Å². The summed E-state index contributed by atoms with van der Waals surface area (Å²) in [4.78, 5) is 15.2. The molecule has 4 nitrogen and oxygen atoms in total. The minimum atomic E-state index is 0.0386. The lowest BCUT2D eigenvalue weighted by Crippen LogP contribution is -2.27. The number of carbonyl (C=O) groups is 1. The summed E-state index contributed by atoms with van der Waals surface area (Å²) in [7, 11) is 4.03. The van der Waals surface area contributed by atoms with Crippen molar-refractivity contribution in [2.45, 2.75) is 6.54 Å². The summed E-state index contributed by atoms with van der Waals surface area (Å²) in [5.41, 5.74) is 2.34. The van der Waals surface area contributed by atoms with E-state index < -0.39 is 0 Å². The van der Waals surface area contributed by atoms with E-state index in [2.05, 4.69) is 34.5 Å². The molecular formula is C12H17N3O. The van der Waals surface area contributed by atoms with Gasteiger partial charge in [0.2, 0.25) is 0 Å². The second kappa shape index (κ2) is 4.43. The maximum Gasteiger partial charge on any atom is 0.317 e. The zero-order valence-electron chi connectivity index (χ0n) is 9.73. The van der Waals surface area contributed by atoms with E-state index in [1.54, 1.807) is 0 Å². The molecule has 0 aliphatic carbocycles. The van der Waals surface area contributed by atoms with Crippen LogP contribution in [-0.4, -0.2) is 38.1 Å². The number of nitrogens with zero attached hydrogens (tertiary/aromatic N) is 2. The van der Waals surface area contributed by atoms with Crippen LogP contribution in [0.1, 0.15) is 5.56 Å². The normalized spacial score (nSPS) is 15.1. The van der Waals surface area contributed by atoms with Gasteiger partial charge in [-0.05, 0) is 17.7 Å². The topological polar surface area (TPSA) is 35.6 Å². The molecule has 16 heavy (non-hydrogen) atoms. The standard InChI is InChI=1S/C12H17N3O/c1-14(2)11-5-3-10(4-6-11)9-15-8-7-13-12(15)16/h3-6H,7-9H2,1-2H3,(H,13,16). The molecule has 0 unspecified atom stereocenters. The number of amides is 2. The maximum absolute atomic E-state index is 11.4. The van der Waals surface area contributed by atoms with Gasteiger partial charge >= 0.3 is 6.03 Å². The fourth-order valence-corrected chi connectivity index (χ4v) is 1.78. The molecule has 2 amide bonds. The third-order valence-electron chi connectivity index (χ3n) is 2.77. The van der Waals surface area contributed by atoms with E-state index in [-0.39, 0.29) is 6.03 Å². The van der Waals surface area contributed by atoms with Crippen LogP contribution in [-0.2, 0) is 6.54 Å². The molecule has 0 atom stereocenters. The van der Waals surface area contributed by atoms with Crippen LogP contribution in [0.3, 0.4) is 0 Å². The Morgan fingerprint density at radius 3 is 2.50 bits per heavy atom. The van der Waals surface area contributed by atoms with Crippen molar-refractivity contribution in [1.29, 1.82) is 0 Å². The monoisotopic (exact) mass is 219 g/mol. The highest BCUT2D eigenvalue weighted by Gasteiger charge is 2.18. The number of benzene rings is 1. The number of rotatable bonds is 3. The van der Waals surface area contributed by atoms with Crippen LogP contribution in [0.25, 0.3) is 0 Å². The molecule has 1 aromatic carbocycles. The van der Waals surface area contributed by atoms with Gasteiger partial charge in [0.25, 0.3) is 0 Å². The molecule has 1 aliphatic heterocycles. The van der Waals surface area contributed by atoms with Gasteiger partial charge in [0.15, 0.2) is 0 Å². The molecule has 1 aliphatic rings. The molecule has 1 saturated heterocycles.